The van der Waals surface area contributed by atoms with Crippen LogP contribution in [0.1, 0.15) is 23.8 Å². The lowest BCUT2D eigenvalue weighted by Crippen LogP contribution is -2.28. The fraction of sp³-hybridized carbons (Fsp3) is 0.357. The number of benzene rings is 1. The van der Waals surface area contributed by atoms with Gasteiger partial charge in [-0.2, -0.15) is 0 Å². The third kappa shape index (κ3) is 3.80. The first-order valence-corrected chi connectivity index (χ1v) is 7.16. The quantitative estimate of drug-likeness (QED) is 0.848. The van der Waals surface area contributed by atoms with Crippen LogP contribution in [0.3, 0.4) is 0 Å². The van der Waals surface area contributed by atoms with Gasteiger partial charge in [-0.05, 0) is 24.5 Å². The van der Waals surface area contributed by atoms with Crippen LogP contribution in [0.2, 0.25) is 5.02 Å². The number of carbonyl (C=O) groups excluding carboxylic acids is 1. The van der Waals surface area contributed by atoms with Gasteiger partial charge in [0.1, 0.15) is 5.69 Å². The first kappa shape index (κ1) is 16.4. The standard InChI is InChI=1S/C14H16ClFN4O2/c1-9(5-6-21)7-17-14(22)11-8-20(19-18-11)12-4-2-3-10(15)13(12)16/h2-4,8-9,21H,5-7H2,1H3,(H,17,22). The number of nitrogens with one attached hydrogen (secondary N) is 1. The summed E-state index contributed by atoms with van der Waals surface area (Å²) in [6, 6.07) is 4.49. The summed E-state index contributed by atoms with van der Waals surface area (Å²) >= 11 is 5.71. The summed E-state index contributed by atoms with van der Waals surface area (Å²) in [6.45, 7) is 2.40. The normalized spacial score (nSPS) is 12.2. The van der Waals surface area contributed by atoms with E-state index in [0.29, 0.717) is 13.0 Å². The molecule has 0 fully saturated rings. The minimum Gasteiger partial charge on any atom is -0.396 e. The van der Waals surface area contributed by atoms with Gasteiger partial charge in [-0.1, -0.05) is 29.8 Å². The molecule has 0 aliphatic heterocycles. The van der Waals surface area contributed by atoms with Crippen LogP contribution >= 0.6 is 11.6 Å². The molecule has 0 aliphatic carbocycles. The monoisotopic (exact) mass is 326 g/mol. The number of aliphatic hydroxyl groups is 1. The largest absolute Gasteiger partial charge is 0.396 e. The minimum atomic E-state index is -0.627. The van der Waals surface area contributed by atoms with Crippen LogP contribution < -0.4 is 5.32 Å². The smallest absolute Gasteiger partial charge is 0.273 e. The Bertz CT molecular complexity index is 662. The number of hydrogen-bond acceptors (Lipinski definition) is 4. The van der Waals surface area contributed by atoms with Crippen molar-refractivity contribution < 1.29 is 14.3 Å². The zero-order chi connectivity index (χ0) is 16.1. The van der Waals surface area contributed by atoms with E-state index >= 15 is 0 Å². The molecule has 0 radical (unpaired) electrons. The van der Waals surface area contributed by atoms with Crippen molar-refractivity contribution in [3.05, 3.63) is 40.9 Å². The molecular weight excluding hydrogens is 311 g/mol. The number of hydrogen-bond donors (Lipinski definition) is 2. The van der Waals surface area contributed by atoms with E-state index < -0.39 is 11.7 Å². The van der Waals surface area contributed by atoms with Crippen LogP contribution in [-0.4, -0.2) is 39.2 Å². The van der Waals surface area contributed by atoms with E-state index in [1.807, 2.05) is 6.92 Å². The van der Waals surface area contributed by atoms with Crippen molar-refractivity contribution in [1.82, 2.24) is 20.3 Å². The fourth-order valence-electron chi connectivity index (χ4n) is 1.83. The molecule has 2 rings (SSSR count). The topological polar surface area (TPSA) is 80.0 Å². The van der Waals surface area contributed by atoms with Crippen LogP contribution in [0.4, 0.5) is 4.39 Å². The Labute approximate surface area is 131 Å². The molecule has 2 N–H and O–H groups in total. The van der Waals surface area contributed by atoms with E-state index in [-0.39, 0.29) is 28.9 Å². The van der Waals surface area contributed by atoms with E-state index in [1.54, 1.807) is 6.07 Å². The molecule has 2 aromatic rings. The number of amides is 1. The summed E-state index contributed by atoms with van der Waals surface area (Å²) in [5.74, 6) is -0.884. The fourth-order valence-corrected chi connectivity index (χ4v) is 2.00. The van der Waals surface area contributed by atoms with Gasteiger partial charge in [0.05, 0.1) is 11.2 Å². The average molecular weight is 327 g/mol. The summed E-state index contributed by atoms with van der Waals surface area (Å²) in [4.78, 5) is 11.9. The third-order valence-corrected chi connectivity index (χ3v) is 3.43. The van der Waals surface area contributed by atoms with Crippen molar-refractivity contribution in [3.63, 3.8) is 0 Å². The highest BCUT2D eigenvalue weighted by molar-refractivity contribution is 6.30. The van der Waals surface area contributed by atoms with Crippen LogP contribution in [0.5, 0.6) is 0 Å². The van der Waals surface area contributed by atoms with E-state index in [1.165, 1.54) is 18.3 Å². The lowest BCUT2D eigenvalue weighted by atomic mass is 10.1. The molecular formula is C14H16ClFN4O2. The summed E-state index contributed by atoms with van der Waals surface area (Å²) in [6.07, 6.45) is 1.93. The molecule has 1 heterocycles. The Hall–Kier alpha value is -1.99. The molecule has 1 aromatic carbocycles. The van der Waals surface area contributed by atoms with Crippen molar-refractivity contribution in [2.45, 2.75) is 13.3 Å². The highest BCUT2D eigenvalue weighted by Crippen LogP contribution is 2.20. The second-order valence-corrected chi connectivity index (χ2v) is 5.36. The molecule has 1 aromatic heterocycles. The maximum atomic E-state index is 13.9. The third-order valence-electron chi connectivity index (χ3n) is 3.14. The van der Waals surface area contributed by atoms with Gasteiger partial charge in [-0.25, -0.2) is 9.07 Å². The maximum Gasteiger partial charge on any atom is 0.273 e. The van der Waals surface area contributed by atoms with Gasteiger partial charge in [0.2, 0.25) is 0 Å². The van der Waals surface area contributed by atoms with E-state index in [2.05, 4.69) is 15.6 Å². The second kappa shape index (κ2) is 7.33. The van der Waals surface area contributed by atoms with Gasteiger partial charge in [0.15, 0.2) is 11.5 Å². The number of halogens is 2. The van der Waals surface area contributed by atoms with E-state index in [4.69, 9.17) is 16.7 Å². The molecule has 1 unspecified atom stereocenters. The minimum absolute atomic E-state index is 0.0307. The average Bonchev–Trinajstić information content (AvgIpc) is 2.97. The summed E-state index contributed by atoms with van der Waals surface area (Å²) in [5.41, 5.74) is 0.197. The molecule has 0 saturated carbocycles. The number of nitrogens with zero attached hydrogens (tertiary/aromatic N) is 3. The predicted molar refractivity (Wildman–Crippen MR) is 79.5 cm³/mol. The Morgan fingerprint density at radius 2 is 2.32 bits per heavy atom. The van der Waals surface area contributed by atoms with Gasteiger partial charge in [-0.3, -0.25) is 4.79 Å². The highest BCUT2D eigenvalue weighted by atomic mass is 35.5. The first-order chi connectivity index (χ1) is 10.5. The maximum absolute atomic E-state index is 13.9. The number of carbonyl (C=O) groups is 1. The molecule has 0 bridgehead atoms. The van der Waals surface area contributed by atoms with Gasteiger partial charge >= 0.3 is 0 Å². The Balaban J connectivity index is 2.08. The first-order valence-electron chi connectivity index (χ1n) is 6.78. The molecule has 0 spiro atoms. The summed E-state index contributed by atoms with van der Waals surface area (Å²) in [5, 5.41) is 18.9. The summed E-state index contributed by atoms with van der Waals surface area (Å²) < 4.78 is 15.1. The van der Waals surface area contributed by atoms with Crippen LogP contribution in [0, 0.1) is 11.7 Å². The zero-order valence-corrected chi connectivity index (χ0v) is 12.7. The van der Waals surface area contributed by atoms with Crippen LogP contribution in [0.15, 0.2) is 24.4 Å². The molecule has 1 atom stereocenters. The highest BCUT2D eigenvalue weighted by Gasteiger charge is 2.15. The summed E-state index contributed by atoms with van der Waals surface area (Å²) in [7, 11) is 0. The van der Waals surface area contributed by atoms with Gasteiger partial charge in [-0.15, -0.1) is 5.10 Å². The van der Waals surface area contributed by atoms with E-state index in [9.17, 15) is 9.18 Å². The molecule has 6 nitrogen and oxygen atoms in total. The lowest BCUT2D eigenvalue weighted by Gasteiger charge is -2.09. The van der Waals surface area contributed by atoms with Crippen molar-refractivity contribution in [1.29, 1.82) is 0 Å². The van der Waals surface area contributed by atoms with Crippen molar-refractivity contribution in [3.8, 4) is 5.69 Å². The van der Waals surface area contributed by atoms with Gasteiger partial charge < -0.3 is 10.4 Å². The molecule has 118 valence electrons. The van der Waals surface area contributed by atoms with Crippen LogP contribution in [0.25, 0.3) is 5.69 Å². The molecule has 8 heteroatoms. The lowest BCUT2D eigenvalue weighted by molar-refractivity contribution is 0.0940. The number of aromatic nitrogens is 3. The number of rotatable bonds is 6. The zero-order valence-electron chi connectivity index (χ0n) is 12.0. The molecule has 22 heavy (non-hydrogen) atoms. The second-order valence-electron chi connectivity index (χ2n) is 4.95. The Kier molecular flexibility index (Phi) is 5.46. The van der Waals surface area contributed by atoms with Gasteiger partial charge in [0, 0.05) is 13.2 Å². The van der Waals surface area contributed by atoms with E-state index in [0.717, 1.165) is 4.68 Å². The van der Waals surface area contributed by atoms with Crippen molar-refractivity contribution in [2.75, 3.05) is 13.2 Å². The molecule has 1 amide bonds. The predicted octanol–water partition coefficient (Wildman–Crippen LogP) is 1.81. The van der Waals surface area contributed by atoms with Crippen LogP contribution in [-0.2, 0) is 0 Å². The Morgan fingerprint density at radius 3 is 3.05 bits per heavy atom. The van der Waals surface area contributed by atoms with Crippen molar-refractivity contribution in [2.24, 2.45) is 5.92 Å². The Morgan fingerprint density at radius 1 is 1.55 bits per heavy atom. The van der Waals surface area contributed by atoms with Gasteiger partial charge in [0.25, 0.3) is 5.91 Å². The molecule has 0 aliphatic rings. The number of aliphatic hydroxyl groups excluding tert-OH is 1. The molecule has 0 saturated heterocycles. The van der Waals surface area contributed by atoms with Crippen molar-refractivity contribution >= 4 is 17.5 Å². The SMILES string of the molecule is CC(CCO)CNC(=O)c1cn(-c2cccc(Cl)c2F)nn1.